The number of rotatable bonds is 16. The molecule has 2 fully saturated rings. The fourth-order valence-electron chi connectivity index (χ4n) is 6.94. The standard InChI is InChI=1S/C27H50O2/c1-3-5-6-7-10-14-19-27-20-15-16-24(22-27)21-26(4-2,23-27)18-13-11-8-9-12-17-25(28)29/h24H,3-23H2,1-2H3,(H,28,29). The summed E-state index contributed by atoms with van der Waals surface area (Å²) in [5, 5.41) is 8.77. The topological polar surface area (TPSA) is 37.3 Å². The Morgan fingerprint density at radius 3 is 2.21 bits per heavy atom. The maximum Gasteiger partial charge on any atom is 0.303 e. The molecule has 0 heterocycles. The maximum atomic E-state index is 10.6. The molecule has 0 aromatic carbocycles. The number of fused-ring (bicyclic) bond motifs is 2. The third kappa shape index (κ3) is 8.62. The lowest BCUT2D eigenvalue weighted by atomic mass is 9.51. The molecule has 3 unspecified atom stereocenters. The normalized spacial score (nSPS) is 29.1. The highest BCUT2D eigenvalue weighted by molar-refractivity contribution is 5.66. The Kier molecular flexibility index (Phi) is 11.1. The van der Waals surface area contributed by atoms with Gasteiger partial charge in [-0.1, -0.05) is 97.3 Å². The van der Waals surface area contributed by atoms with E-state index >= 15 is 0 Å². The smallest absolute Gasteiger partial charge is 0.303 e. The lowest BCUT2D eigenvalue weighted by Gasteiger charge is -2.54. The summed E-state index contributed by atoms with van der Waals surface area (Å²) in [5.41, 5.74) is 1.30. The Labute approximate surface area is 181 Å². The Bertz CT molecular complexity index is 459. The third-order valence-electron chi connectivity index (χ3n) is 8.42. The van der Waals surface area contributed by atoms with Crippen LogP contribution in [-0.2, 0) is 4.79 Å². The summed E-state index contributed by atoms with van der Waals surface area (Å²) in [7, 11) is 0. The molecule has 2 rings (SSSR count). The van der Waals surface area contributed by atoms with E-state index in [0.29, 0.717) is 17.3 Å². The van der Waals surface area contributed by atoms with Crippen molar-refractivity contribution >= 4 is 5.97 Å². The molecule has 2 saturated carbocycles. The van der Waals surface area contributed by atoms with Crippen molar-refractivity contribution in [2.75, 3.05) is 0 Å². The molecule has 29 heavy (non-hydrogen) atoms. The van der Waals surface area contributed by atoms with Gasteiger partial charge in [0.15, 0.2) is 0 Å². The summed E-state index contributed by atoms with van der Waals surface area (Å²) in [6, 6.07) is 0. The van der Waals surface area contributed by atoms with E-state index in [1.54, 1.807) is 6.42 Å². The molecular weight excluding hydrogens is 356 g/mol. The van der Waals surface area contributed by atoms with Crippen molar-refractivity contribution in [3.8, 4) is 0 Å². The summed E-state index contributed by atoms with van der Waals surface area (Å²) in [6.07, 6.45) is 28.1. The number of hydrogen-bond donors (Lipinski definition) is 1. The summed E-state index contributed by atoms with van der Waals surface area (Å²) >= 11 is 0. The fraction of sp³-hybridized carbons (Fsp3) is 0.963. The monoisotopic (exact) mass is 406 g/mol. The first-order valence-corrected chi connectivity index (χ1v) is 13.2. The largest absolute Gasteiger partial charge is 0.481 e. The molecule has 0 amide bonds. The molecule has 2 bridgehead atoms. The summed E-state index contributed by atoms with van der Waals surface area (Å²) in [5.74, 6) is 0.368. The van der Waals surface area contributed by atoms with Crippen molar-refractivity contribution in [3.63, 3.8) is 0 Å². The second-order valence-electron chi connectivity index (χ2n) is 10.9. The molecule has 2 heteroatoms. The van der Waals surface area contributed by atoms with E-state index in [1.807, 2.05) is 0 Å². The predicted molar refractivity (Wildman–Crippen MR) is 124 cm³/mol. The van der Waals surface area contributed by atoms with Crippen LogP contribution in [0.1, 0.15) is 149 Å². The first-order chi connectivity index (χ1) is 14.0. The van der Waals surface area contributed by atoms with E-state index in [9.17, 15) is 4.79 Å². The lowest BCUT2D eigenvalue weighted by Crippen LogP contribution is -2.43. The zero-order valence-electron chi connectivity index (χ0n) is 19.8. The van der Waals surface area contributed by atoms with Crippen LogP contribution in [0.3, 0.4) is 0 Å². The van der Waals surface area contributed by atoms with E-state index in [-0.39, 0.29) is 0 Å². The van der Waals surface area contributed by atoms with Crippen molar-refractivity contribution in [2.24, 2.45) is 16.7 Å². The van der Waals surface area contributed by atoms with Crippen LogP contribution in [-0.4, -0.2) is 11.1 Å². The van der Waals surface area contributed by atoms with E-state index in [4.69, 9.17) is 5.11 Å². The van der Waals surface area contributed by atoms with Crippen LogP contribution in [0.4, 0.5) is 0 Å². The third-order valence-corrected chi connectivity index (χ3v) is 8.42. The first kappa shape index (κ1) is 24.7. The molecule has 1 N–H and O–H groups in total. The fourth-order valence-corrected chi connectivity index (χ4v) is 6.94. The van der Waals surface area contributed by atoms with Gasteiger partial charge in [0.05, 0.1) is 0 Å². The van der Waals surface area contributed by atoms with Gasteiger partial charge in [-0.15, -0.1) is 0 Å². The minimum atomic E-state index is -0.639. The summed E-state index contributed by atoms with van der Waals surface area (Å²) in [6.45, 7) is 4.77. The Balaban J connectivity index is 1.77. The van der Waals surface area contributed by atoms with Gasteiger partial charge in [0.2, 0.25) is 0 Å². The highest BCUT2D eigenvalue weighted by Gasteiger charge is 2.48. The van der Waals surface area contributed by atoms with E-state index in [0.717, 1.165) is 18.8 Å². The average molecular weight is 407 g/mol. The molecule has 170 valence electrons. The molecule has 0 aliphatic heterocycles. The van der Waals surface area contributed by atoms with Crippen LogP contribution in [0.5, 0.6) is 0 Å². The van der Waals surface area contributed by atoms with Crippen molar-refractivity contribution < 1.29 is 9.90 Å². The van der Waals surface area contributed by atoms with Gasteiger partial charge in [0.1, 0.15) is 0 Å². The summed E-state index contributed by atoms with van der Waals surface area (Å²) in [4.78, 5) is 10.6. The number of carboxylic acid groups (broad SMARTS) is 1. The number of aliphatic carboxylic acids is 1. The Hall–Kier alpha value is -0.530. The van der Waals surface area contributed by atoms with Gasteiger partial charge in [0, 0.05) is 6.42 Å². The molecule has 0 saturated heterocycles. The van der Waals surface area contributed by atoms with Gasteiger partial charge in [0.25, 0.3) is 0 Å². The number of unbranched alkanes of at least 4 members (excludes halogenated alkanes) is 9. The van der Waals surface area contributed by atoms with Gasteiger partial charge in [-0.25, -0.2) is 0 Å². The number of carbonyl (C=O) groups is 1. The Morgan fingerprint density at radius 2 is 1.52 bits per heavy atom. The maximum absolute atomic E-state index is 10.6. The number of hydrogen-bond acceptors (Lipinski definition) is 1. The summed E-state index contributed by atoms with van der Waals surface area (Å²) < 4.78 is 0. The minimum Gasteiger partial charge on any atom is -0.481 e. The van der Waals surface area contributed by atoms with Crippen LogP contribution < -0.4 is 0 Å². The molecule has 0 spiro atoms. The van der Waals surface area contributed by atoms with Crippen LogP contribution >= 0.6 is 0 Å². The SMILES string of the molecule is CCCCCCCCC12CCCC(CC(CC)(CCCCCCCC(=O)O)C1)C2. The van der Waals surface area contributed by atoms with Gasteiger partial charge in [-0.05, 0) is 61.7 Å². The molecule has 2 nitrogen and oxygen atoms in total. The lowest BCUT2D eigenvalue weighted by molar-refractivity contribution is -0.137. The highest BCUT2D eigenvalue weighted by atomic mass is 16.4. The van der Waals surface area contributed by atoms with Crippen LogP contribution in [0.15, 0.2) is 0 Å². The number of carboxylic acids is 1. The van der Waals surface area contributed by atoms with E-state index in [1.165, 1.54) is 109 Å². The van der Waals surface area contributed by atoms with E-state index in [2.05, 4.69) is 13.8 Å². The van der Waals surface area contributed by atoms with Gasteiger partial charge < -0.3 is 5.11 Å². The van der Waals surface area contributed by atoms with Gasteiger partial charge in [-0.2, -0.15) is 0 Å². The highest BCUT2D eigenvalue weighted by Crippen LogP contribution is 2.60. The van der Waals surface area contributed by atoms with Crippen molar-refractivity contribution in [1.29, 1.82) is 0 Å². The van der Waals surface area contributed by atoms with Crippen LogP contribution in [0.25, 0.3) is 0 Å². The second kappa shape index (κ2) is 13.0. The van der Waals surface area contributed by atoms with Crippen LogP contribution in [0, 0.1) is 16.7 Å². The molecule has 3 atom stereocenters. The van der Waals surface area contributed by atoms with Gasteiger partial charge >= 0.3 is 5.97 Å². The second-order valence-corrected chi connectivity index (χ2v) is 10.9. The van der Waals surface area contributed by atoms with Gasteiger partial charge in [-0.3, -0.25) is 4.79 Å². The molecule has 0 aromatic heterocycles. The quantitative estimate of drug-likeness (QED) is 0.260. The molecular formula is C27H50O2. The minimum absolute atomic E-state index is 0.349. The predicted octanol–water partition coefficient (Wildman–Crippen LogP) is 8.92. The van der Waals surface area contributed by atoms with Crippen LogP contribution in [0.2, 0.25) is 0 Å². The first-order valence-electron chi connectivity index (χ1n) is 13.2. The van der Waals surface area contributed by atoms with Crippen molar-refractivity contribution in [1.82, 2.24) is 0 Å². The molecule has 2 aliphatic carbocycles. The molecule has 0 radical (unpaired) electrons. The average Bonchev–Trinajstić information content (AvgIpc) is 2.69. The zero-order valence-corrected chi connectivity index (χ0v) is 19.8. The zero-order chi connectivity index (χ0) is 21.0. The van der Waals surface area contributed by atoms with Crippen molar-refractivity contribution in [3.05, 3.63) is 0 Å². The molecule has 0 aromatic rings. The Morgan fingerprint density at radius 1 is 0.862 bits per heavy atom. The molecule has 2 aliphatic rings. The van der Waals surface area contributed by atoms with E-state index < -0.39 is 5.97 Å². The van der Waals surface area contributed by atoms with Crippen molar-refractivity contribution in [2.45, 2.75) is 149 Å².